The van der Waals surface area contributed by atoms with Crippen molar-refractivity contribution in [2.75, 3.05) is 19.6 Å². The second-order valence-corrected chi connectivity index (χ2v) is 8.14. The number of piperidine rings is 1. The number of furan rings is 1. The van der Waals surface area contributed by atoms with Crippen molar-refractivity contribution in [2.45, 2.75) is 57.4 Å². The number of hydrogen-bond donors (Lipinski definition) is 2. The van der Waals surface area contributed by atoms with E-state index >= 15 is 0 Å². The summed E-state index contributed by atoms with van der Waals surface area (Å²) < 4.78 is 5.80. The fourth-order valence-corrected chi connectivity index (χ4v) is 4.16. The maximum atomic E-state index is 12.4. The van der Waals surface area contributed by atoms with Crippen LogP contribution in [0.2, 0.25) is 0 Å². The van der Waals surface area contributed by atoms with Crippen molar-refractivity contribution in [3.05, 3.63) is 22.6 Å². The largest absolute Gasteiger partial charge is 0.444 e. The van der Waals surface area contributed by atoms with Gasteiger partial charge in [-0.2, -0.15) is 0 Å². The number of nitrogens with zero attached hydrogens (tertiary/aromatic N) is 1. The van der Waals surface area contributed by atoms with Crippen molar-refractivity contribution < 1.29 is 14.0 Å². The molecule has 0 aromatic carbocycles. The van der Waals surface area contributed by atoms with Crippen LogP contribution in [0.4, 0.5) is 4.79 Å². The normalized spacial score (nSPS) is 19.3. The van der Waals surface area contributed by atoms with Crippen LogP contribution in [-0.4, -0.2) is 42.5 Å². The summed E-state index contributed by atoms with van der Waals surface area (Å²) in [4.78, 5) is 26.3. The topological polar surface area (TPSA) is 74.6 Å². The molecule has 144 valence electrons. The molecule has 2 N–H and O–H groups in total. The average molecular weight is 426 g/mol. The molecule has 0 spiro atoms. The van der Waals surface area contributed by atoms with E-state index in [0.29, 0.717) is 28.9 Å². The highest BCUT2D eigenvalue weighted by Gasteiger charge is 2.25. The SMILES string of the molecule is O=C(NCCC1CCN(C(=O)NC2CCCCC2)CC1)c1ccc(Br)o1. The lowest BCUT2D eigenvalue weighted by atomic mass is 9.93. The minimum absolute atomic E-state index is 0.104. The molecule has 26 heavy (non-hydrogen) atoms. The lowest BCUT2D eigenvalue weighted by molar-refractivity contribution is 0.0920. The lowest BCUT2D eigenvalue weighted by Gasteiger charge is -2.34. The number of nitrogens with one attached hydrogen (secondary N) is 2. The molecule has 1 aromatic rings. The Morgan fingerprint density at radius 2 is 1.85 bits per heavy atom. The molecule has 2 heterocycles. The molecule has 0 unspecified atom stereocenters. The third-order valence-electron chi connectivity index (χ3n) is 5.47. The van der Waals surface area contributed by atoms with Gasteiger partial charge in [0.25, 0.3) is 5.91 Å². The Balaban J connectivity index is 1.32. The Bertz CT molecular complexity index is 605. The maximum Gasteiger partial charge on any atom is 0.317 e. The van der Waals surface area contributed by atoms with Crippen molar-refractivity contribution >= 4 is 27.9 Å². The molecule has 1 aliphatic heterocycles. The molecule has 2 aliphatic rings. The zero-order chi connectivity index (χ0) is 18.4. The van der Waals surface area contributed by atoms with Crippen LogP contribution in [-0.2, 0) is 0 Å². The van der Waals surface area contributed by atoms with Gasteiger partial charge in [-0.1, -0.05) is 19.3 Å². The second-order valence-electron chi connectivity index (χ2n) is 7.36. The summed E-state index contributed by atoms with van der Waals surface area (Å²) in [5.41, 5.74) is 0. The molecule has 1 aromatic heterocycles. The third-order valence-corrected chi connectivity index (χ3v) is 5.90. The van der Waals surface area contributed by atoms with E-state index in [1.807, 2.05) is 4.90 Å². The lowest BCUT2D eigenvalue weighted by Crippen LogP contribution is -2.48. The predicted octanol–water partition coefficient (Wildman–Crippen LogP) is 3.92. The van der Waals surface area contributed by atoms with Gasteiger partial charge in [-0.25, -0.2) is 4.79 Å². The van der Waals surface area contributed by atoms with E-state index in [9.17, 15) is 9.59 Å². The number of carbonyl (C=O) groups is 2. The number of halogens is 1. The van der Waals surface area contributed by atoms with Gasteiger partial charge in [0.1, 0.15) is 0 Å². The maximum absolute atomic E-state index is 12.4. The molecule has 3 rings (SSSR count). The smallest absolute Gasteiger partial charge is 0.317 e. The molecule has 2 fully saturated rings. The van der Waals surface area contributed by atoms with Crippen LogP contribution in [0.3, 0.4) is 0 Å². The fraction of sp³-hybridized carbons (Fsp3) is 0.684. The van der Waals surface area contributed by atoms with Crippen molar-refractivity contribution in [1.29, 1.82) is 0 Å². The van der Waals surface area contributed by atoms with Crippen LogP contribution in [0.15, 0.2) is 21.2 Å². The number of likely N-dealkylation sites (tertiary alicyclic amines) is 1. The summed E-state index contributed by atoms with van der Waals surface area (Å²) in [5.74, 6) is 0.698. The van der Waals surface area contributed by atoms with Crippen molar-refractivity contribution in [1.82, 2.24) is 15.5 Å². The van der Waals surface area contributed by atoms with Crippen LogP contribution in [0.5, 0.6) is 0 Å². The van der Waals surface area contributed by atoms with Gasteiger partial charge in [0.05, 0.1) is 0 Å². The Labute approximate surface area is 163 Å². The molecular formula is C19H28BrN3O3. The van der Waals surface area contributed by atoms with Crippen molar-refractivity contribution in [3.8, 4) is 0 Å². The first kappa shape index (κ1) is 19.3. The molecule has 0 atom stereocenters. The number of hydrogen-bond acceptors (Lipinski definition) is 3. The zero-order valence-electron chi connectivity index (χ0n) is 15.1. The van der Waals surface area contributed by atoms with Crippen molar-refractivity contribution in [2.24, 2.45) is 5.92 Å². The van der Waals surface area contributed by atoms with Crippen molar-refractivity contribution in [3.63, 3.8) is 0 Å². The van der Waals surface area contributed by atoms with E-state index in [0.717, 1.165) is 45.2 Å². The summed E-state index contributed by atoms with van der Waals surface area (Å²) in [5, 5.41) is 6.10. The third kappa shape index (κ3) is 5.50. The Hall–Kier alpha value is -1.50. The summed E-state index contributed by atoms with van der Waals surface area (Å²) in [6.45, 7) is 2.25. The van der Waals surface area contributed by atoms with Gasteiger partial charge in [0, 0.05) is 25.7 Å². The Morgan fingerprint density at radius 3 is 2.50 bits per heavy atom. The highest BCUT2D eigenvalue weighted by Crippen LogP contribution is 2.22. The molecule has 7 heteroatoms. The Morgan fingerprint density at radius 1 is 1.12 bits per heavy atom. The molecule has 1 saturated heterocycles. The van der Waals surface area contributed by atoms with Crippen LogP contribution in [0.25, 0.3) is 0 Å². The number of carbonyl (C=O) groups excluding carboxylic acids is 2. The van der Waals surface area contributed by atoms with E-state index in [1.54, 1.807) is 12.1 Å². The standard InChI is InChI=1S/C19H28BrN3O3/c20-17-7-6-16(26-17)18(24)21-11-8-14-9-12-23(13-10-14)19(25)22-15-4-2-1-3-5-15/h6-7,14-15H,1-5,8-13H2,(H,21,24)(H,22,25). The van der Waals surface area contributed by atoms with E-state index in [2.05, 4.69) is 26.6 Å². The van der Waals surface area contributed by atoms with Crippen LogP contribution in [0.1, 0.15) is 61.9 Å². The summed E-state index contributed by atoms with van der Waals surface area (Å²) in [6.07, 6.45) is 8.93. The van der Waals surface area contributed by atoms with Gasteiger partial charge in [0.15, 0.2) is 10.4 Å². The summed E-state index contributed by atoms with van der Waals surface area (Å²) >= 11 is 3.20. The van der Waals surface area contributed by atoms with E-state index < -0.39 is 0 Å². The van der Waals surface area contributed by atoms with Crippen LogP contribution >= 0.6 is 15.9 Å². The predicted molar refractivity (Wildman–Crippen MR) is 103 cm³/mol. The van der Waals surface area contributed by atoms with Gasteiger partial charge in [0.2, 0.25) is 0 Å². The van der Waals surface area contributed by atoms with Crippen LogP contribution < -0.4 is 10.6 Å². The van der Waals surface area contributed by atoms with Gasteiger partial charge < -0.3 is 20.0 Å². The first-order valence-electron chi connectivity index (χ1n) is 9.71. The molecule has 6 nitrogen and oxygen atoms in total. The van der Waals surface area contributed by atoms with E-state index in [4.69, 9.17) is 4.42 Å². The molecule has 0 bridgehead atoms. The van der Waals surface area contributed by atoms with E-state index in [1.165, 1.54) is 19.3 Å². The fourth-order valence-electron chi connectivity index (χ4n) is 3.85. The number of amides is 3. The van der Waals surface area contributed by atoms with E-state index in [-0.39, 0.29) is 11.9 Å². The minimum Gasteiger partial charge on any atom is -0.444 e. The van der Waals surface area contributed by atoms with Crippen LogP contribution in [0, 0.1) is 5.92 Å². The molecule has 1 saturated carbocycles. The molecular weight excluding hydrogens is 398 g/mol. The molecule has 0 radical (unpaired) electrons. The van der Waals surface area contributed by atoms with Gasteiger partial charge in [-0.05, 0) is 66.1 Å². The van der Waals surface area contributed by atoms with Gasteiger partial charge in [-0.3, -0.25) is 4.79 Å². The second kappa shape index (κ2) is 9.44. The number of rotatable bonds is 5. The quantitative estimate of drug-likeness (QED) is 0.750. The first-order chi connectivity index (χ1) is 12.6. The highest BCUT2D eigenvalue weighted by molar-refractivity contribution is 9.10. The number of urea groups is 1. The minimum atomic E-state index is -0.181. The summed E-state index contributed by atoms with van der Waals surface area (Å²) in [6, 6.07) is 3.84. The average Bonchev–Trinajstić information content (AvgIpc) is 3.09. The Kier molecular flexibility index (Phi) is 7.00. The zero-order valence-corrected chi connectivity index (χ0v) is 16.7. The summed E-state index contributed by atoms with van der Waals surface area (Å²) in [7, 11) is 0. The first-order valence-corrected chi connectivity index (χ1v) is 10.5. The van der Waals surface area contributed by atoms with Gasteiger partial charge >= 0.3 is 6.03 Å². The molecule has 1 aliphatic carbocycles. The molecule has 3 amide bonds. The monoisotopic (exact) mass is 425 g/mol. The highest BCUT2D eigenvalue weighted by atomic mass is 79.9. The van der Waals surface area contributed by atoms with Gasteiger partial charge in [-0.15, -0.1) is 0 Å².